The van der Waals surface area contributed by atoms with Crippen molar-refractivity contribution < 1.29 is 51.6 Å². The van der Waals surface area contributed by atoms with Gasteiger partial charge in [0.25, 0.3) is 0 Å². The number of hydrogen-bond donors (Lipinski definition) is 1. The molecule has 0 bridgehead atoms. The molecule has 80 valence electrons. The molecular formula is C10H22CeO2-2. The first-order valence-corrected chi connectivity index (χ1v) is 4.40. The molecule has 0 aliphatic heterocycles. The van der Waals surface area contributed by atoms with E-state index in [0.717, 1.165) is 19.3 Å². The minimum Gasteiger partial charge on any atom is -0.481 e. The van der Waals surface area contributed by atoms with Crippen molar-refractivity contribution in [3.8, 4) is 0 Å². The number of rotatable bonds is 4. The Balaban J connectivity index is -0.0000000712. The first-order valence-electron chi connectivity index (χ1n) is 4.40. The second kappa shape index (κ2) is 29.3. The zero-order valence-electron chi connectivity index (χ0n) is 9.10. The number of carboxylic acids is 1. The summed E-state index contributed by atoms with van der Waals surface area (Å²) < 4.78 is 0. The Labute approximate surface area is 117 Å². The molecule has 0 rings (SSSR count). The van der Waals surface area contributed by atoms with Crippen molar-refractivity contribution in [2.45, 2.75) is 46.5 Å². The molecule has 0 atom stereocenters. The molecule has 0 unspecified atom stereocenters. The van der Waals surface area contributed by atoms with E-state index in [1.165, 1.54) is 0 Å². The van der Waals surface area contributed by atoms with E-state index in [0.29, 0.717) is 6.42 Å². The van der Waals surface area contributed by atoms with Gasteiger partial charge in [-0.2, -0.15) is 13.8 Å². The van der Waals surface area contributed by atoms with Gasteiger partial charge in [0.15, 0.2) is 0 Å². The molecule has 3 heteroatoms. The van der Waals surface area contributed by atoms with E-state index in [4.69, 9.17) is 5.11 Å². The van der Waals surface area contributed by atoms with Crippen LogP contribution in [0.25, 0.3) is 0 Å². The van der Waals surface area contributed by atoms with Gasteiger partial charge in [0.2, 0.25) is 0 Å². The minimum atomic E-state index is -0.682. The molecule has 2 nitrogen and oxygen atoms in total. The fourth-order valence-electron chi connectivity index (χ4n) is 0.526. The fourth-order valence-corrected chi connectivity index (χ4v) is 0.526. The molecular weight excluding hydrogens is 292 g/mol. The maximum absolute atomic E-state index is 9.87. The van der Waals surface area contributed by atoms with Crippen molar-refractivity contribution in [1.82, 2.24) is 0 Å². The smallest absolute Gasteiger partial charge is 0.303 e. The predicted molar refractivity (Wildman–Crippen MR) is 53.8 cm³/mol. The van der Waals surface area contributed by atoms with Gasteiger partial charge < -0.3 is 19.0 Å². The van der Waals surface area contributed by atoms with Crippen LogP contribution in [-0.4, -0.2) is 11.1 Å². The van der Waals surface area contributed by atoms with Crippen molar-refractivity contribution in [2.24, 2.45) is 0 Å². The number of hydrogen-bond acceptors (Lipinski definition) is 1. The van der Waals surface area contributed by atoms with Gasteiger partial charge >= 0.3 is 5.97 Å². The fraction of sp³-hybridized carbons (Fsp3) is 0.700. The van der Waals surface area contributed by atoms with Gasteiger partial charge in [-0.15, -0.1) is 0 Å². The summed E-state index contributed by atoms with van der Waals surface area (Å²) in [6.07, 6.45) is 3.28. The Morgan fingerprint density at radius 2 is 1.54 bits per heavy atom. The zero-order chi connectivity index (χ0) is 10.4. The molecule has 0 radical (unpaired) electrons. The SMILES string of the molecule is CCCCCC(=O)O.[CH2-]C.[CH2-]C.[Ce]. The number of aliphatic carboxylic acids is 1. The van der Waals surface area contributed by atoms with Crippen LogP contribution < -0.4 is 0 Å². The number of unbranched alkanes of at least 4 members (excludes halogenated alkanes) is 2. The predicted octanol–water partition coefficient (Wildman–Crippen LogP) is 3.33. The Bertz CT molecular complexity index is 75.3. The molecule has 0 aliphatic rings. The van der Waals surface area contributed by atoms with Gasteiger partial charge in [0.05, 0.1) is 0 Å². The van der Waals surface area contributed by atoms with Crippen molar-refractivity contribution in [3.05, 3.63) is 13.8 Å². The Morgan fingerprint density at radius 3 is 1.77 bits per heavy atom. The monoisotopic (exact) mass is 314 g/mol. The third kappa shape index (κ3) is 44.2. The largest absolute Gasteiger partial charge is 0.481 e. The third-order valence-corrected chi connectivity index (χ3v) is 0.994. The molecule has 0 aromatic carbocycles. The Hall–Kier alpha value is 0.847. The Morgan fingerprint density at radius 1 is 1.15 bits per heavy atom. The van der Waals surface area contributed by atoms with E-state index < -0.39 is 5.97 Å². The average molecular weight is 314 g/mol. The summed E-state index contributed by atoms with van der Waals surface area (Å²) in [5, 5.41) is 8.14. The van der Waals surface area contributed by atoms with Gasteiger partial charge in [-0.1, -0.05) is 19.8 Å². The summed E-state index contributed by atoms with van der Waals surface area (Å²) in [7, 11) is 0. The molecule has 0 aromatic rings. The van der Waals surface area contributed by atoms with E-state index in [-0.39, 0.29) is 41.7 Å². The maximum Gasteiger partial charge on any atom is 0.303 e. The molecule has 0 saturated carbocycles. The summed E-state index contributed by atoms with van der Waals surface area (Å²) in [6, 6.07) is 0. The van der Waals surface area contributed by atoms with Gasteiger partial charge in [0.1, 0.15) is 0 Å². The normalized spacial score (nSPS) is 6.54. The van der Waals surface area contributed by atoms with Crippen LogP contribution >= 0.6 is 0 Å². The number of carbonyl (C=O) groups is 1. The van der Waals surface area contributed by atoms with Crippen LogP contribution in [0.3, 0.4) is 0 Å². The van der Waals surface area contributed by atoms with Crippen LogP contribution in [0.2, 0.25) is 0 Å². The second-order valence-electron chi connectivity index (χ2n) is 1.85. The molecule has 0 fully saturated rings. The van der Waals surface area contributed by atoms with Crippen LogP contribution in [0.4, 0.5) is 0 Å². The molecule has 0 aliphatic carbocycles. The van der Waals surface area contributed by atoms with Crippen molar-refractivity contribution >= 4 is 5.97 Å². The summed E-state index contributed by atoms with van der Waals surface area (Å²) >= 11 is 0. The minimum absolute atomic E-state index is 0. The van der Waals surface area contributed by atoms with E-state index in [9.17, 15) is 4.79 Å². The molecule has 13 heavy (non-hydrogen) atoms. The zero-order valence-corrected chi connectivity index (χ0v) is 12.2. The van der Waals surface area contributed by atoms with Gasteiger partial charge in [-0.3, -0.25) is 4.79 Å². The van der Waals surface area contributed by atoms with Crippen LogP contribution in [0.1, 0.15) is 46.5 Å². The van der Waals surface area contributed by atoms with Gasteiger partial charge in [0, 0.05) is 48.2 Å². The van der Waals surface area contributed by atoms with Crippen molar-refractivity contribution in [1.29, 1.82) is 0 Å². The molecule has 0 saturated heterocycles. The van der Waals surface area contributed by atoms with Crippen LogP contribution in [0.5, 0.6) is 0 Å². The number of carboxylic acid groups (broad SMARTS) is 1. The summed E-state index contributed by atoms with van der Waals surface area (Å²) in [6.45, 7) is 12.1. The second-order valence-corrected chi connectivity index (χ2v) is 1.85. The first kappa shape index (κ1) is 23.6. The van der Waals surface area contributed by atoms with E-state index in [2.05, 4.69) is 20.8 Å². The van der Waals surface area contributed by atoms with Crippen LogP contribution in [-0.2, 0) is 4.79 Å². The molecule has 1 N–H and O–H groups in total. The third-order valence-electron chi connectivity index (χ3n) is 0.994. The summed E-state index contributed by atoms with van der Waals surface area (Å²) in [4.78, 5) is 9.87. The molecule has 0 heterocycles. The molecule has 0 aromatic heterocycles. The molecule has 0 spiro atoms. The van der Waals surface area contributed by atoms with Crippen molar-refractivity contribution in [2.75, 3.05) is 0 Å². The van der Waals surface area contributed by atoms with Crippen molar-refractivity contribution in [3.63, 3.8) is 0 Å². The average Bonchev–Trinajstić information content (AvgIpc) is 2.12. The van der Waals surface area contributed by atoms with Gasteiger partial charge in [-0.25, -0.2) is 0 Å². The summed E-state index contributed by atoms with van der Waals surface area (Å²) in [5.41, 5.74) is 0. The maximum atomic E-state index is 9.87. The first-order chi connectivity index (χ1) is 5.77. The van der Waals surface area contributed by atoms with E-state index in [1.807, 2.05) is 0 Å². The van der Waals surface area contributed by atoms with Crippen LogP contribution in [0, 0.1) is 55.6 Å². The van der Waals surface area contributed by atoms with Crippen LogP contribution in [0.15, 0.2) is 0 Å². The molecule has 0 amide bonds. The quantitative estimate of drug-likeness (QED) is 0.638. The van der Waals surface area contributed by atoms with E-state index in [1.54, 1.807) is 13.8 Å². The van der Waals surface area contributed by atoms with Gasteiger partial charge in [-0.05, 0) is 6.42 Å². The topological polar surface area (TPSA) is 37.3 Å². The summed E-state index contributed by atoms with van der Waals surface area (Å²) in [5.74, 6) is -0.682. The standard InChI is InChI=1S/C6H12O2.2C2H5.Ce/c1-2-3-4-5-6(7)8;2*1-2;/h2-5H2,1H3,(H,7,8);2*1H2,2H3;/q;2*-1;. The Kier molecular flexibility index (Phi) is 53.1. The van der Waals surface area contributed by atoms with E-state index >= 15 is 0 Å².